The van der Waals surface area contributed by atoms with Gasteiger partial charge in [0.2, 0.25) is 0 Å². The Morgan fingerprint density at radius 2 is 2.15 bits per heavy atom. The highest BCUT2D eigenvalue weighted by atomic mass is 35.5. The summed E-state index contributed by atoms with van der Waals surface area (Å²) in [5.41, 5.74) is 2.71. The summed E-state index contributed by atoms with van der Waals surface area (Å²) < 4.78 is 5.60. The zero-order valence-corrected chi connectivity index (χ0v) is 12.5. The van der Waals surface area contributed by atoms with Gasteiger partial charge in [-0.3, -0.25) is 0 Å². The topological polar surface area (TPSA) is 25.2 Å². The van der Waals surface area contributed by atoms with E-state index in [0.717, 1.165) is 18.2 Å². The summed E-state index contributed by atoms with van der Waals surface area (Å²) in [5, 5.41) is 3.92. The molecule has 1 N–H and O–H groups in total. The Labute approximate surface area is 125 Å². The predicted octanol–water partition coefficient (Wildman–Crippen LogP) is 4.90. The van der Waals surface area contributed by atoms with Gasteiger partial charge in [-0.25, -0.2) is 0 Å². The molecule has 0 amide bonds. The number of halogens is 1. The van der Waals surface area contributed by atoms with Crippen LogP contribution >= 0.6 is 11.6 Å². The second-order valence-corrected chi connectivity index (χ2v) is 5.80. The van der Waals surface area contributed by atoms with Crippen molar-refractivity contribution in [2.45, 2.75) is 38.1 Å². The average Bonchev–Trinajstić information content (AvgIpc) is 2.81. The van der Waals surface area contributed by atoms with Crippen molar-refractivity contribution in [1.29, 1.82) is 0 Å². The van der Waals surface area contributed by atoms with E-state index in [-0.39, 0.29) is 6.04 Å². The standard InChI is InChI=1S/C17H20ClNO/c1-2-19-17(15-9-10-16(18)20-15)14-8-4-7-13(11-14)12-5-3-6-12/h4,7-12,17,19H,2-3,5-6H2,1H3. The van der Waals surface area contributed by atoms with Gasteiger partial charge in [-0.2, -0.15) is 0 Å². The molecule has 1 aromatic carbocycles. The third-order valence-electron chi connectivity index (χ3n) is 4.11. The van der Waals surface area contributed by atoms with Crippen molar-refractivity contribution in [2.75, 3.05) is 6.54 Å². The van der Waals surface area contributed by atoms with E-state index in [9.17, 15) is 0 Å². The van der Waals surface area contributed by atoms with Crippen LogP contribution in [0, 0.1) is 0 Å². The van der Waals surface area contributed by atoms with Crippen molar-refractivity contribution in [3.8, 4) is 0 Å². The normalized spacial score (nSPS) is 16.9. The molecule has 1 unspecified atom stereocenters. The molecule has 0 saturated heterocycles. The molecule has 1 aromatic heterocycles. The molecule has 106 valence electrons. The zero-order chi connectivity index (χ0) is 13.9. The van der Waals surface area contributed by atoms with Gasteiger partial charge in [-0.05, 0) is 60.2 Å². The maximum absolute atomic E-state index is 5.91. The molecule has 3 heteroatoms. The van der Waals surface area contributed by atoms with Gasteiger partial charge < -0.3 is 9.73 Å². The van der Waals surface area contributed by atoms with Gasteiger partial charge in [0.25, 0.3) is 0 Å². The highest BCUT2D eigenvalue weighted by Crippen LogP contribution is 2.37. The van der Waals surface area contributed by atoms with Crippen molar-refractivity contribution >= 4 is 11.6 Å². The lowest BCUT2D eigenvalue weighted by atomic mass is 9.79. The number of furan rings is 1. The average molecular weight is 290 g/mol. The molecule has 1 atom stereocenters. The minimum Gasteiger partial charge on any atom is -0.448 e. The van der Waals surface area contributed by atoms with E-state index in [0.29, 0.717) is 5.22 Å². The Hall–Kier alpha value is -1.25. The lowest BCUT2D eigenvalue weighted by Gasteiger charge is -2.27. The molecule has 0 aliphatic heterocycles. The van der Waals surface area contributed by atoms with Crippen LogP contribution in [-0.4, -0.2) is 6.54 Å². The Kier molecular flexibility index (Phi) is 4.13. The van der Waals surface area contributed by atoms with Crippen molar-refractivity contribution in [1.82, 2.24) is 5.32 Å². The first kappa shape index (κ1) is 13.7. The van der Waals surface area contributed by atoms with Crippen LogP contribution in [0.15, 0.2) is 40.8 Å². The second kappa shape index (κ2) is 6.02. The fourth-order valence-corrected chi connectivity index (χ4v) is 2.96. The molecule has 20 heavy (non-hydrogen) atoms. The van der Waals surface area contributed by atoms with Gasteiger partial charge in [-0.1, -0.05) is 37.6 Å². The summed E-state index contributed by atoms with van der Waals surface area (Å²) in [6.07, 6.45) is 4.00. The highest BCUT2D eigenvalue weighted by Gasteiger charge is 2.22. The maximum atomic E-state index is 5.91. The maximum Gasteiger partial charge on any atom is 0.193 e. The molecule has 0 bridgehead atoms. The van der Waals surface area contributed by atoms with Crippen LogP contribution in [-0.2, 0) is 0 Å². The van der Waals surface area contributed by atoms with Crippen LogP contribution < -0.4 is 5.32 Å². The molecule has 0 spiro atoms. The van der Waals surface area contributed by atoms with Gasteiger partial charge in [0.1, 0.15) is 5.76 Å². The van der Waals surface area contributed by atoms with E-state index in [1.807, 2.05) is 6.07 Å². The largest absolute Gasteiger partial charge is 0.448 e. The quantitative estimate of drug-likeness (QED) is 0.847. The van der Waals surface area contributed by atoms with Crippen molar-refractivity contribution in [2.24, 2.45) is 0 Å². The highest BCUT2D eigenvalue weighted by molar-refractivity contribution is 6.28. The summed E-state index contributed by atoms with van der Waals surface area (Å²) >= 11 is 5.91. The first-order chi connectivity index (χ1) is 9.78. The molecule has 0 radical (unpaired) electrons. The second-order valence-electron chi connectivity index (χ2n) is 5.43. The third-order valence-corrected chi connectivity index (χ3v) is 4.31. The number of rotatable bonds is 5. The number of hydrogen-bond acceptors (Lipinski definition) is 2. The Balaban J connectivity index is 1.90. The van der Waals surface area contributed by atoms with Gasteiger partial charge in [0.05, 0.1) is 6.04 Å². The van der Waals surface area contributed by atoms with E-state index in [4.69, 9.17) is 16.0 Å². The van der Waals surface area contributed by atoms with Crippen LogP contribution in [0.2, 0.25) is 5.22 Å². The molecule has 2 nitrogen and oxygen atoms in total. The fraction of sp³-hybridized carbons (Fsp3) is 0.412. The summed E-state index contributed by atoms with van der Waals surface area (Å²) in [7, 11) is 0. The van der Waals surface area contributed by atoms with E-state index < -0.39 is 0 Å². The van der Waals surface area contributed by atoms with Crippen LogP contribution in [0.4, 0.5) is 0 Å². The molecule has 1 aliphatic carbocycles. The molecule has 1 aliphatic rings. The number of hydrogen-bond donors (Lipinski definition) is 1. The lowest BCUT2D eigenvalue weighted by Crippen LogP contribution is -2.22. The third kappa shape index (κ3) is 2.77. The van der Waals surface area contributed by atoms with Crippen LogP contribution in [0.5, 0.6) is 0 Å². The molecule has 2 aromatic rings. The van der Waals surface area contributed by atoms with E-state index in [1.165, 1.54) is 30.4 Å². The molecule has 1 saturated carbocycles. The van der Waals surface area contributed by atoms with Gasteiger partial charge in [0, 0.05) is 0 Å². The first-order valence-corrected chi connectivity index (χ1v) is 7.74. The smallest absolute Gasteiger partial charge is 0.193 e. The van der Waals surface area contributed by atoms with Gasteiger partial charge in [-0.15, -0.1) is 0 Å². The number of benzene rings is 1. The van der Waals surface area contributed by atoms with Crippen LogP contribution in [0.3, 0.4) is 0 Å². The van der Waals surface area contributed by atoms with Crippen molar-refractivity contribution in [3.63, 3.8) is 0 Å². The SMILES string of the molecule is CCNC(c1cccc(C2CCC2)c1)c1ccc(Cl)o1. The van der Waals surface area contributed by atoms with Crippen LogP contribution in [0.25, 0.3) is 0 Å². The minimum absolute atomic E-state index is 0.0764. The van der Waals surface area contributed by atoms with Gasteiger partial charge in [0.15, 0.2) is 5.22 Å². The fourth-order valence-electron chi connectivity index (χ4n) is 2.80. The summed E-state index contributed by atoms with van der Waals surface area (Å²) in [6, 6.07) is 12.7. The predicted molar refractivity (Wildman–Crippen MR) is 82.3 cm³/mol. The van der Waals surface area contributed by atoms with Crippen LogP contribution in [0.1, 0.15) is 55.0 Å². The molecule has 1 fully saturated rings. The Bertz CT molecular complexity index is 574. The monoisotopic (exact) mass is 289 g/mol. The summed E-state index contributed by atoms with van der Waals surface area (Å²) in [4.78, 5) is 0. The van der Waals surface area contributed by atoms with E-state index >= 15 is 0 Å². The van der Waals surface area contributed by atoms with Crippen molar-refractivity contribution < 1.29 is 4.42 Å². The van der Waals surface area contributed by atoms with Crippen molar-refractivity contribution in [3.05, 3.63) is 58.5 Å². The zero-order valence-electron chi connectivity index (χ0n) is 11.7. The first-order valence-electron chi connectivity index (χ1n) is 7.36. The molecular formula is C17H20ClNO. The lowest BCUT2D eigenvalue weighted by molar-refractivity contribution is 0.418. The summed E-state index contributed by atoms with van der Waals surface area (Å²) in [6.45, 7) is 2.99. The Morgan fingerprint density at radius 3 is 2.75 bits per heavy atom. The van der Waals surface area contributed by atoms with E-state index in [1.54, 1.807) is 6.07 Å². The summed E-state index contributed by atoms with van der Waals surface area (Å²) in [5.74, 6) is 1.63. The Morgan fingerprint density at radius 1 is 1.30 bits per heavy atom. The molecule has 1 heterocycles. The van der Waals surface area contributed by atoms with E-state index in [2.05, 4.69) is 36.5 Å². The number of nitrogens with one attached hydrogen (secondary N) is 1. The molecular weight excluding hydrogens is 270 g/mol. The molecule has 3 rings (SSSR count). The minimum atomic E-state index is 0.0764. The van der Waals surface area contributed by atoms with Gasteiger partial charge >= 0.3 is 0 Å².